The maximum absolute atomic E-state index is 8.17. The van der Waals surface area contributed by atoms with E-state index >= 15 is 0 Å². The molecule has 0 aliphatic rings. The molecule has 2 nitrogen and oxygen atoms in total. The van der Waals surface area contributed by atoms with Gasteiger partial charge in [-0.15, -0.1) is 11.8 Å². The van der Waals surface area contributed by atoms with Gasteiger partial charge >= 0.3 is 0 Å². The highest BCUT2D eigenvalue weighted by molar-refractivity contribution is 8.05. The van der Waals surface area contributed by atoms with Crippen LogP contribution in [-0.4, -0.2) is 0 Å². The molecule has 0 aliphatic heterocycles. The predicted molar refractivity (Wildman–Crippen MR) is 46.7 cm³/mol. The first-order chi connectivity index (χ1) is 5.20. The smallest absolute Gasteiger partial charge is 0.124 e. The van der Waals surface area contributed by atoms with Gasteiger partial charge in [0.25, 0.3) is 0 Å². The molecule has 0 heterocycles. The summed E-state index contributed by atoms with van der Waals surface area (Å²) in [5.74, 6) is 0. The van der Waals surface area contributed by atoms with E-state index in [9.17, 15) is 0 Å². The summed E-state index contributed by atoms with van der Waals surface area (Å²) in [6.07, 6.45) is 0. The molecule has 0 radical (unpaired) electrons. The summed E-state index contributed by atoms with van der Waals surface area (Å²) in [7, 11) is 0. The Labute approximate surface area is 78.7 Å². The average Bonchev–Trinajstić information content (AvgIpc) is 2.04. The Balaban J connectivity index is 3.96. The zero-order valence-electron chi connectivity index (χ0n) is 5.21. The highest BCUT2D eigenvalue weighted by Gasteiger charge is 1.87. The minimum atomic E-state index is 0.0636. The van der Waals surface area contributed by atoms with Crippen molar-refractivity contribution in [3.05, 3.63) is 20.9 Å². The number of rotatable bonds is 2. The zero-order chi connectivity index (χ0) is 8.69. The summed E-state index contributed by atoms with van der Waals surface area (Å²) in [6.45, 7) is 0. The third-order valence-corrected chi connectivity index (χ3v) is 1.95. The van der Waals surface area contributed by atoms with Crippen LogP contribution >= 0.6 is 35.0 Å². The second kappa shape index (κ2) is 6.12. The summed E-state index contributed by atoms with van der Waals surface area (Å²) >= 11 is 11.7. The van der Waals surface area contributed by atoms with Gasteiger partial charge in [-0.1, -0.05) is 23.2 Å². The topological polar surface area (TPSA) is 47.6 Å². The van der Waals surface area contributed by atoms with Gasteiger partial charge in [-0.05, 0) is 0 Å². The van der Waals surface area contributed by atoms with E-state index in [0.717, 1.165) is 11.8 Å². The molecule has 0 atom stereocenters. The fourth-order valence-electron chi connectivity index (χ4n) is 0.206. The van der Waals surface area contributed by atoms with Crippen LogP contribution in [0, 0.1) is 22.7 Å². The molecule has 0 aromatic rings. The van der Waals surface area contributed by atoms with Crippen LogP contribution in [0.5, 0.6) is 0 Å². The van der Waals surface area contributed by atoms with Crippen molar-refractivity contribution in [2.75, 3.05) is 0 Å². The highest BCUT2D eigenvalue weighted by atomic mass is 35.5. The maximum Gasteiger partial charge on any atom is 0.124 e. The van der Waals surface area contributed by atoms with Crippen LogP contribution in [0.3, 0.4) is 0 Å². The van der Waals surface area contributed by atoms with Crippen molar-refractivity contribution in [2.45, 2.75) is 0 Å². The molecular formula is C6H2Cl2N2S. The molecule has 5 heteroatoms. The molecule has 0 bridgehead atoms. The van der Waals surface area contributed by atoms with Gasteiger partial charge in [0.2, 0.25) is 0 Å². The largest absolute Gasteiger partial charge is 0.191 e. The molecule has 0 aromatic heterocycles. The number of hydrogen-bond donors (Lipinski definition) is 0. The fourth-order valence-corrected chi connectivity index (χ4v) is 0.927. The summed E-state index contributed by atoms with van der Waals surface area (Å²) in [4.78, 5) is 0. The van der Waals surface area contributed by atoms with Gasteiger partial charge in [0, 0.05) is 10.8 Å². The van der Waals surface area contributed by atoms with E-state index in [1.807, 2.05) is 0 Å². The summed E-state index contributed by atoms with van der Waals surface area (Å²) < 4.78 is 0. The number of allylic oxidation sites excluding steroid dienone is 2. The Morgan fingerprint density at radius 2 is 1.45 bits per heavy atom. The standard InChI is InChI=1S/C6H2Cl2N2S/c7-5(1-9)3-11-4-6(8)2-10/h3-4H. The molecular weight excluding hydrogens is 203 g/mol. The third-order valence-electron chi connectivity index (χ3n) is 0.557. The normalized spacial score (nSPS) is 12.0. The fraction of sp³-hybridized carbons (Fsp3) is 0. The van der Waals surface area contributed by atoms with Crippen LogP contribution in [0.15, 0.2) is 20.9 Å². The number of hydrogen-bond acceptors (Lipinski definition) is 3. The van der Waals surface area contributed by atoms with Gasteiger partial charge in [-0.2, -0.15) is 10.5 Å². The van der Waals surface area contributed by atoms with E-state index in [1.54, 1.807) is 12.1 Å². The van der Waals surface area contributed by atoms with Gasteiger partial charge in [-0.3, -0.25) is 0 Å². The Kier molecular flexibility index (Phi) is 5.78. The molecule has 0 N–H and O–H groups in total. The quantitative estimate of drug-likeness (QED) is 0.651. The molecule has 11 heavy (non-hydrogen) atoms. The van der Waals surface area contributed by atoms with E-state index in [4.69, 9.17) is 33.7 Å². The Bertz CT molecular complexity index is 241. The van der Waals surface area contributed by atoms with Crippen LogP contribution in [0.25, 0.3) is 0 Å². The Morgan fingerprint density at radius 1 is 1.09 bits per heavy atom. The Morgan fingerprint density at radius 3 is 1.73 bits per heavy atom. The minimum Gasteiger partial charge on any atom is -0.191 e. The van der Waals surface area contributed by atoms with E-state index in [0.29, 0.717) is 0 Å². The van der Waals surface area contributed by atoms with Crippen molar-refractivity contribution in [1.29, 1.82) is 10.5 Å². The first-order valence-corrected chi connectivity index (χ1v) is 4.07. The van der Waals surface area contributed by atoms with Crippen LogP contribution in [-0.2, 0) is 0 Å². The maximum atomic E-state index is 8.17. The van der Waals surface area contributed by atoms with E-state index in [2.05, 4.69) is 0 Å². The second-order valence-corrected chi connectivity index (χ2v) is 2.85. The number of nitriles is 2. The molecule has 0 aromatic carbocycles. The van der Waals surface area contributed by atoms with Gasteiger partial charge in [-0.25, -0.2) is 0 Å². The molecule has 0 rings (SSSR count). The molecule has 0 fully saturated rings. The van der Waals surface area contributed by atoms with Crippen LogP contribution in [0.4, 0.5) is 0 Å². The lowest BCUT2D eigenvalue weighted by Crippen LogP contribution is -1.59. The summed E-state index contributed by atoms with van der Waals surface area (Å²) in [5, 5.41) is 19.3. The van der Waals surface area contributed by atoms with E-state index in [1.165, 1.54) is 10.8 Å². The van der Waals surface area contributed by atoms with Gasteiger partial charge in [0.15, 0.2) is 0 Å². The van der Waals surface area contributed by atoms with Crippen molar-refractivity contribution >= 4 is 35.0 Å². The molecule has 0 spiro atoms. The molecule has 0 saturated carbocycles. The lowest BCUT2D eigenvalue weighted by Gasteiger charge is -1.81. The highest BCUT2D eigenvalue weighted by Crippen LogP contribution is 2.14. The lowest BCUT2D eigenvalue weighted by atomic mass is 10.7. The summed E-state index contributed by atoms with van der Waals surface area (Å²) in [5.41, 5.74) is 0. The lowest BCUT2D eigenvalue weighted by molar-refractivity contribution is 1.53. The van der Waals surface area contributed by atoms with Crippen LogP contribution in [0.2, 0.25) is 0 Å². The van der Waals surface area contributed by atoms with Crippen LogP contribution in [0.1, 0.15) is 0 Å². The van der Waals surface area contributed by atoms with E-state index in [-0.39, 0.29) is 10.1 Å². The van der Waals surface area contributed by atoms with Crippen molar-refractivity contribution in [3.63, 3.8) is 0 Å². The summed E-state index contributed by atoms with van der Waals surface area (Å²) in [6, 6.07) is 3.41. The minimum absolute atomic E-state index is 0.0636. The van der Waals surface area contributed by atoms with Gasteiger partial charge < -0.3 is 0 Å². The zero-order valence-corrected chi connectivity index (χ0v) is 7.54. The average molecular weight is 205 g/mol. The molecule has 0 amide bonds. The molecule has 0 unspecified atom stereocenters. The SMILES string of the molecule is N#CC(Cl)=CSC=C(Cl)C#N. The van der Waals surface area contributed by atoms with Crippen molar-refractivity contribution in [1.82, 2.24) is 0 Å². The predicted octanol–water partition coefficient (Wildman–Crippen LogP) is 2.93. The van der Waals surface area contributed by atoms with Crippen molar-refractivity contribution in [2.24, 2.45) is 0 Å². The number of nitrogens with zero attached hydrogens (tertiary/aromatic N) is 2. The van der Waals surface area contributed by atoms with Crippen LogP contribution < -0.4 is 0 Å². The van der Waals surface area contributed by atoms with Gasteiger partial charge in [0.1, 0.15) is 22.2 Å². The number of thioether (sulfide) groups is 1. The third kappa shape index (κ3) is 5.82. The molecule has 56 valence electrons. The Hall–Kier alpha value is -0.610. The number of halogens is 2. The molecule has 0 saturated heterocycles. The van der Waals surface area contributed by atoms with Crippen molar-refractivity contribution in [3.8, 4) is 12.1 Å². The van der Waals surface area contributed by atoms with Crippen molar-refractivity contribution < 1.29 is 0 Å². The first kappa shape index (κ1) is 10.4. The van der Waals surface area contributed by atoms with E-state index < -0.39 is 0 Å². The first-order valence-electron chi connectivity index (χ1n) is 2.37. The second-order valence-electron chi connectivity index (χ2n) is 1.29. The van der Waals surface area contributed by atoms with Gasteiger partial charge in [0.05, 0.1) is 0 Å². The monoisotopic (exact) mass is 204 g/mol. The molecule has 0 aliphatic carbocycles.